The highest BCUT2D eigenvalue weighted by molar-refractivity contribution is 5.59. The molecule has 0 radical (unpaired) electrons. The maximum Gasteiger partial charge on any atom is 0.123 e. The predicted molar refractivity (Wildman–Crippen MR) is 52.4 cm³/mol. The minimum atomic E-state index is 0.178. The first-order valence-corrected chi connectivity index (χ1v) is 4.63. The third-order valence-electron chi connectivity index (χ3n) is 2.75. The second-order valence-electron chi connectivity index (χ2n) is 3.62. The van der Waals surface area contributed by atoms with Crippen molar-refractivity contribution in [3.63, 3.8) is 0 Å². The van der Waals surface area contributed by atoms with Crippen LogP contribution in [-0.2, 0) is 17.6 Å². The van der Waals surface area contributed by atoms with Crippen molar-refractivity contribution in [2.24, 2.45) is 5.92 Å². The average molecular weight is 175 g/mol. The van der Waals surface area contributed by atoms with Crippen LogP contribution in [0.3, 0.4) is 0 Å². The molecule has 13 heavy (non-hydrogen) atoms. The Hall–Kier alpha value is -1.31. The smallest absolute Gasteiger partial charge is 0.123 e. The van der Waals surface area contributed by atoms with E-state index in [9.17, 15) is 4.79 Å². The first kappa shape index (κ1) is 8.30. The molecule has 2 nitrogen and oxygen atoms in total. The summed E-state index contributed by atoms with van der Waals surface area (Å²) in [5, 5.41) is 0. The van der Waals surface area contributed by atoms with Crippen LogP contribution in [0.25, 0.3) is 0 Å². The molecule has 0 spiro atoms. The molecule has 0 fully saturated rings. The molecule has 0 bridgehead atoms. The molecule has 2 N–H and O–H groups in total. The number of hydrogen-bond acceptors (Lipinski definition) is 2. The number of aryl methyl sites for hydroxylation is 1. The molecule has 1 aromatic rings. The molecular formula is C11H13NO. The molecule has 1 aliphatic carbocycles. The van der Waals surface area contributed by atoms with Gasteiger partial charge in [0, 0.05) is 11.6 Å². The van der Waals surface area contributed by atoms with Gasteiger partial charge in [0.25, 0.3) is 0 Å². The molecule has 1 atom stereocenters. The van der Waals surface area contributed by atoms with Crippen LogP contribution < -0.4 is 5.73 Å². The molecule has 0 saturated heterocycles. The standard InChI is InChI=1S/C11H13NO/c12-11-3-1-2-9-5-4-8(7-13)6-10(9)11/h1-3,7-8H,4-6,12H2. The van der Waals surface area contributed by atoms with Crippen LogP contribution in [-0.4, -0.2) is 6.29 Å². The summed E-state index contributed by atoms with van der Waals surface area (Å²) in [6.45, 7) is 0. The van der Waals surface area contributed by atoms with Gasteiger partial charge < -0.3 is 10.5 Å². The summed E-state index contributed by atoms with van der Waals surface area (Å²) >= 11 is 0. The lowest BCUT2D eigenvalue weighted by Gasteiger charge is -2.21. The number of benzene rings is 1. The van der Waals surface area contributed by atoms with Crippen molar-refractivity contribution in [2.75, 3.05) is 5.73 Å². The number of hydrogen-bond donors (Lipinski definition) is 1. The Kier molecular flexibility index (Phi) is 2.05. The third kappa shape index (κ3) is 1.44. The van der Waals surface area contributed by atoms with E-state index in [1.165, 1.54) is 11.1 Å². The second kappa shape index (κ2) is 3.21. The molecule has 68 valence electrons. The highest BCUT2D eigenvalue weighted by Gasteiger charge is 2.19. The second-order valence-corrected chi connectivity index (χ2v) is 3.62. The number of anilines is 1. The van der Waals surface area contributed by atoms with Crippen molar-refractivity contribution in [1.29, 1.82) is 0 Å². The molecule has 0 saturated carbocycles. The Balaban J connectivity index is 2.37. The number of nitrogens with two attached hydrogens (primary N) is 1. The molecule has 1 aromatic carbocycles. The van der Waals surface area contributed by atoms with E-state index in [1.54, 1.807) is 0 Å². The van der Waals surface area contributed by atoms with E-state index in [4.69, 9.17) is 5.73 Å². The normalized spacial score (nSPS) is 20.8. The zero-order valence-corrected chi connectivity index (χ0v) is 7.49. The van der Waals surface area contributed by atoms with E-state index in [0.717, 1.165) is 31.2 Å². The Bertz CT molecular complexity index is 333. The fourth-order valence-corrected chi connectivity index (χ4v) is 1.96. The predicted octanol–water partition coefficient (Wildman–Crippen LogP) is 1.57. The Morgan fingerprint density at radius 2 is 2.31 bits per heavy atom. The molecule has 1 aliphatic rings. The van der Waals surface area contributed by atoms with Crippen molar-refractivity contribution in [3.8, 4) is 0 Å². The molecule has 0 aliphatic heterocycles. The average Bonchev–Trinajstić information content (AvgIpc) is 2.18. The van der Waals surface area contributed by atoms with E-state index in [-0.39, 0.29) is 5.92 Å². The van der Waals surface area contributed by atoms with E-state index in [1.807, 2.05) is 12.1 Å². The van der Waals surface area contributed by atoms with Gasteiger partial charge in [-0.05, 0) is 36.5 Å². The summed E-state index contributed by atoms with van der Waals surface area (Å²) in [5.74, 6) is 0.178. The van der Waals surface area contributed by atoms with Gasteiger partial charge in [0.2, 0.25) is 0 Å². The van der Waals surface area contributed by atoms with Crippen molar-refractivity contribution in [3.05, 3.63) is 29.3 Å². The minimum Gasteiger partial charge on any atom is -0.398 e. The van der Waals surface area contributed by atoms with Crippen LogP contribution in [0, 0.1) is 5.92 Å². The zero-order valence-electron chi connectivity index (χ0n) is 7.49. The molecular weight excluding hydrogens is 162 g/mol. The molecule has 2 heteroatoms. The maximum absolute atomic E-state index is 10.6. The van der Waals surface area contributed by atoms with Gasteiger partial charge in [-0.15, -0.1) is 0 Å². The Morgan fingerprint density at radius 3 is 3.08 bits per heavy atom. The topological polar surface area (TPSA) is 43.1 Å². The van der Waals surface area contributed by atoms with Crippen LogP contribution in [0.15, 0.2) is 18.2 Å². The van der Waals surface area contributed by atoms with Gasteiger partial charge in [-0.2, -0.15) is 0 Å². The molecule has 0 heterocycles. The molecule has 0 amide bonds. The first-order valence-electron chi connectivity index (χ1n) is 4.63. The van der Waals surface area contributed by atoms with Crippen molar-refractivity contribution in [1.82, 2.24) is 0 Å². The fourth-order valence-electron chi connectivity index (χ4n) is 1.96. The van der Waals surface area contributed by atoms with Crippen LogP contribution in [0.1, 0.15) is 17.5 Å². The lowest BCUT2D eigenvalue weighted by molar-refractivity contribution is -0.111. The first-order chi connectivity index (χ1) is 6.31. The highest BCUT2D eigenvalue weighted by Crippen LogP contribution is 2.28. The summed E-state index contributed by atoms with van der Waals surface area (Å²) < 4.78 is 0. The molecule has 1 unspecified atom stereocenters. The highest BCUT2D eigenvalue weighted by atomic mass is 16.1. The van der Waals surface area contributed by atoms with Crippen molar-refractivity contribution >= 4 is 12.0 Å². The number of rotatable bonds is 1. The lowest BCUT2D eigenvalue weighted by atomic mass is 9.84. The zero-order chi connectivity index (χ0) is 9.26. The molecule has 0 aromatic heterocycles. The van der Waals surface area contributed by atoms with Crippen molar-refractivity contribution in [2.45, 2.75) is 19.3 Å². The quantitative estimate of drug-likeness (QED) is 0.520. The van der Waals surface area contributed by atoms with E-state index in [0.29, 0.717) is 0 Å². The van der Waals surface area contributed by atoms with Gasteiger partial charge >= 0.3 is 0 Å². The number of fused-ring (bicyclic) bond motifs is 1. The SMILES string of the molecule is Nc1cccc2c1CC(C=O)CC2. The largest absolute Gasteiger partial charge is 0.398 e. The number of carbonyl (C=O) groups is 1. The van der Waals surface area contributed by atoms with Gasteiger partial charge in [-0.1, -0.05) is 12.1 Å². The van der Waals surface area contributed by atoms with E-state index < -0.39 is 0 Å². The Morgan fingerprint density at radius 1 is 1.46 bits per heavy atom. The van der Waals surface area contributed by atoms with Crippen molar-refractivity contribution < 1.29 is 4.79 Å². The lowest BCUT2D eigenvalue weighted by Crippen LogP contribution is -2.16. The monoisotopic (exact) mass is 175 g/mol. The van der Waals surface area contributed by atoms with Gasteiger partial charge in [-0.3, -0.25) is 0 Å². The number of carbonyl (C=O) groups excluding carboxylic acids is 1. The van der Waals surface area contributed by atoms with Gasteiger partial charge in [-0.25, -0.2) is 0 Å². The van der Waals surface area contributed by atoms with E-state index in [2.05, 4.69) is 6.07 Å². The summed E-state index contributed by atoms with van der Waals surface area (Å²) in [4.78, 5) is 10.6. The third-order valence-corrected chi connectivity index (χ3v) is 2.75. The van der Waals surface area contributed by atoms with Gasteiger partial charge in [0.05, 0.1) is 0 Å². The minimum absolute atomic E-state index is 0.178. The summed E-state index contributed by atoms with van der Waals surface area (Å²) in [5.41, 5.74) is 9.18. The van der Waals surface area contributed by atoms with Gasteiger partial charge in [0.15, 0.2) is 0 Å². The van der Waals surface area contributed by atoms with Crippen LogP contribution >= 0.6 is 0 Å². The maximum atomic E-state index is 10.6. The molecule has 2 rings (SSSR count). The van der Waals surface area contributed by atoms with Gasteiger partial charge in [0.1, 0.15) is 6.29 Å². The summed E-state index contributed by atoms with van der Waals surface area (Å²) in [6.07, 6.45) is 3.84. The summed E-state index contributed by atoms with van der Waals surface area (Å²) in [6, 6.07) is 5.99. The van der Waals surface area contributed by atoms with E-state index >= 15 is 0 Å². The Labute approximate surface area is 77.8 Å². The summed E-state index contributed by atoms with van der Waals surface area (Å²) in [7, 11) is 0. The van der Waals surface area contributed by atoms with Crippen LogP contribution in [0.4, 0.5) is 5.69 Å². The van der Waals surface area contributed by atoms with Crippen LogP contribution in [0.2, 0.25) is 0 Å². The number of nitrogen functional groups attached to an aromatic ring is 1. The fraction of sp³-hybridized carbons (Fsp3) is 0.364. The van der Waals surface area contributed by atoms with Crippen LogP contribution in [0.5, 0.6) is 0 Å². The number of aldehydes is 1.